The molecule has 1 radical (unpaired) electrons. The van der Waals surface area contributed by atoms with Crippen LogP contribution in [0, 0.1) is 19.1 Å². The predicted octanol–water partition coefficient (Wildman–Crippen LogP) is 9.20. The van der Waals surface area contributed by atoms with Gasteiger partial charge in [-0.15, -0.1) is 71.4 Å². The Hall–Kier alpha value is -3.82. The van der Waals surface area contributed by atoms with Gasteiger partial charge in [-0.2, -0.15) is 0 Å². The largest absolute Gasteiger partial charge is 0.305 e. The van der Waals surface area contributed by atoms with E-state index in [1.807, 2.05) is 66.5 Å². The summed E-state index contributed by atoms with van der Waals surface area (Å²) >= 11 is 1.82. The summed E-state index contributed by atoms with van der Waals surface area (Å²) in [6.07, 6.45) is 3.65. The van der Waals surface area contributed by atoms with Crippen LogP contribution in [0.15, 0.2) is 137 Å². The number of nitrogens with zero attached hydrogens (tertiary/aromatic N) is 2. The SMILES string of the molecule is Cc1ccnc(-c2[c-]cc3c(c2)-c2ccccc2-c2ccccc2S3)c1.[Ir].[c-]1ccccc1-c1ccccn1. The van der Waals surface area contributed by atoms with Gasteiger partial charge in [-0.05, 0) is 53.2 Å². The first-order valence-electron chi connectivity index (χ1n) is 12.5. The van der Waals surface area contributed by atoms with E-state index in [2.05, 4.69) is 95.8 Å². The molecule has 3 heterocycles. The number of aryl methyl sites for hydroxylation is 1. The summed E-state index contributed by atoms with van der Waals surface area (Å²) in [5, 5.41) is 0. The van der Waals surface area contributed by atoms with E-state index >= 15 is 0 Å². The van der Waals surface area contributed by atoms with E-state index in [9.17, 15) is 0 Å². The van der Waals surface area contributed by atoms with Gasteiger partial charge in [-0.3, -0.25) is 0 Å². The molecule has 2 nitrogen and oxygen atoms in total. The van der Waals surface area contributed by atoms with E-state index in [-0.39, 0.29) is 20.1 Å². The molecule has 39 heavy (non-hydrogen) atoms. The molecule has 1 aliphatic rings. The zero-order valence-corrected chi connectivity index (χ0v) is 24.5. The average molecular weight is 697 g/mol. The van der Waals surface area contributed by atoms with Crippen LogP contribution in [-0.2, 0) is 20.1 Å². The zero-order chi connectivity index (χ0) is 25.7. The van der Waals surface area contributed by atoms with Gasteiger partial charge in [-0.25, -0.2) is 0 Å². The van der Waals surface area contributed by atoms with E-state index in [4.69, 9.17) is 0 Å². The molecule has 0 unspecified atom stereocenters. The summed E-state index contributed by atoms with van der Waals surface area (Å²) < 4.78 is 0. The predicted molar refractivity (Wildman–Crippen MR) is 157 cm³/mol. The van der Waals surface area contributed by atoms with Gasteiger partial charge >= 0.3 is 0 Å². The van der Waals surface area contributed by atoms with Crippen molar-refractivity contribution in [2.75, 3.05) is 0 Å². The maximum atomic E-state index is 4.54. The number of fused-ring (bicyclic) bond motifs is 5. The van der Waals surface area contributed by atoms with Crippen LogP contribution in [0.2, 0.25) is 0 Å². The maximum absolute atomic E-state index is 4.54. The summed E-state index contributed by atoms with van der Waals surface area (Å²) in [6.45, 7) is 2.09. The van der Waals surface area contributed by atoms with Crippen molar-refractivity contribution in [1.29, 1.82) is 0 Å². The van der Waals surface area contributed by atoms with Crippen molar-refractivity contribution in [3.63, 3.8) is 0 Å². The molecule has 0 atom stereocenters. The number of hydrogen-bond acceptors (Lipinski definition) is 3. The Morgan fingerprint density at radius 3 is 2.03 bits per heavy atom. The van der Waals surface area contributed by atoms with E-state index < -0.39 is 0 Å². The number of pyridine rings is 2. The summed E-state index contributed by atoms with van der Waals surface area (Å²) in [7, 11) is 0. The van der Waals surface area contributed by atoms with Crippen molar-refractivity contribution in [3.05, 3.63) is 145 Å². The van der Waals surface area contributed by atoms with Crippen molar-refractivity contribution in [1.82, 2.24) is 9.97 Å². The molecule has 6 aromatic rings. The third-order valence-electron chi connectivity index (χ3n) is 6.37. The molecule has 0 amide bonds. The van der Waals surface area contributed by atoms with Crippen molar-refractivity contribution in [2.45, 2.75) is 16.7 Å². The molecule has 0 aliphatic carbocycles. The molecule has 0 fully saturated rings. The average Bonchev–Trinajstić information content (AvgIpc) is 3.13. The Labute approximate surface area is 247 Å². The number of rotatable bonds is 2. The first kappa shape index (κ1) is 26.8. The second-order valence-corrected chi connectivity index (χ2v) is 10.1. The van der Waals surface area contributed by atoms with E-state index in [1.54, 1.807) is 6.20 Å². The second kappa shape index (κ2) is 12.4. The van der Waals surface area contributed by atoms with Gasteiger partial charge in [0.1, 0.15) is 0 Å². The molecule has 0 saturated carbocycles. The molecule has 0 saturated heterocycles. The normalized spacial score (nSPS) is 10.9. The first-order valence-corrected chi connectivity index (χ1v) is 13.3. The fraction of sp³-hybridized carbons (Fsp3) is 0.0286. The van der Waals surface area contributed by atoms with Crippen LogP contribution in [0.3, 0.4) is 0 Å². The summed E-state index contributed by atoms with van der Waals surface area (Å²) in [6, 6.07) is 46.0. The minimum atomic E-state index is 0. The Bertz CT molecular complexity index is 1660. The van der Waals surface area contributed by atoms with Crippen LogP contribution in [0.4, 0.5) is 0 Å². The van der Waals surface area contributed by atoms with Crippen LogP contribution >= 0.6 is 11.8 Å². The molecule has 2 aromatic heterocycles. The molecule has 4 heteroatoms. The molecule has 0 bridgehead atoms. The van der Waals surface area contributed by atoms with Gasteiger partial charge in [0.25, 0.3) is 0 Å². The first-order chi connectivity index (χ1) is 18.8. The molecular weight excluding hydrogens is 673 g/mol. The molecular formula is C35H24IrN2S-2. The minimum absolute atomic E-state index is 0. The van der Waals surface area contributed by atoms with Crippen LogP contribution in [0.1, 0.15) is 5.56 Å². The monoisotopic (exact) mass is 697 g/mol. The molecule has 4 aromatic carbocycles. The standard InChI is InChI=1S/C24H16NS.C11H8N.Ir/c1-16-12-13-25-22(14-16)17-10-11-24-21(15-17)19-7-3-2-6-18(19)20-8-4-5-9-23(20)26-24;1-2-6-10(7-3-1)11-8-4-5-9-12-11;/h2-9,11-15H,1H3;1-6,8-9H;/q2*-1;. The zero-order valence-electron chi connectivity index (χ0n) is 21.3. The van der Waals surface area contributed by atoms with E-state index in [0.717, 1.165) is 22.5 Å². The fourth-order valence-corrected chi connectivity index (χ4v) is 5.60. The van der Waals surface area contributed by atoms with Crippen molar-refractivity contribution >= 4 is 11.8 Å². The van der Waals surface area contributed by atoms with Gasteiger partial charge in [0.2, 0.25) is 0 Å². The van der Waals surface area contributed by atoms with Gasteiger partial charge in [0.05, 0.1) is 0 Å². The van der Waals surface area contributed by atoms with Crippen LogP contribution < -0.4 is 0 Å². The van der Waals surface area contributed by atoms with Crippen LogP contribution in [-0.4, -0.2) is 9.97 Å². The molecule has 1 aliphatic heterocycles. The molecule has 7 rings (SSSR count). The Kier molecular flexibility index (Phi) is 8.48. The second-order valence-electron chi connectivity index (χ2n) is 8.98. The molecule has 191 valence electrons. The quantitative estimate of drug-likeness (QED) is 0.169. The van der Waals surface area contributed by atoms with Gasteiger partial charge in [-0.1, -0.05) is 76.7 Å². The summed E-state index contributed by atoms with van der Waals surface area (Å²) in [5.41, 5.74) is 10.3. The topological polar surface area (TPSA) is 25.8 Å². The van der Waals surface area contributed by atoms with Crippen molar-refractivity contribution in [3.8, 4) is 44.8 Å². The number of hydrogen-bond donors (Lipinski definition) is 0. The van der Waals surface area contributed by atoms with E-state index in [0.29, 0.717) is 0 Å². The molecule has 0 N–H and O–H groups in total. The van der Waals surface area contributed by atoms with Gasteiger partial charge in [0.15, 0.2) is 0 Å². The summed E-state index contributed by atoms with van der Waals surface area (Å²) in [4.78, 5) is 11.3. The third kappa shape index (κ3) is 5.94. The van der Waals surface area contributed by atoms with Crippen molar-refractivity contribution < 1.29 is 20.1 Å². The van der Waals surface area contributed by atoms with E-state index in [1.165, 1.54) is 37.6 Å². The maximum Gasteiger partial charge on any atom is 0.0163 e. The van der Waals surface area contributed by atoms with Crippen LogP contribution in [0.25, 0.3) is 44.8 Å². The fourth-order valence-electron chi connectivity index (χ4n) is 4.53. The Balaban J connectivity index is 0.000000200. The third-order valence-corrected chi connectivity index (χ3v) is 7.50. The molecule has 0 spiro atoms. The van der Waals surface area contributed by atoms with Crippen LogP contribution in [0.5, 0.6) is 0 Å². The van der Waals surface area contributed by atoms with Gasteiger partial charge in [0, 0.05) is 37.4 Å². The minimum Gasteiger partial charge on any atom is -0.305 e. The number of aromatic nitrogens is 2. The smallest absolute Gasteiger partial charge is 0.0163 e. The summed E-state index contributed by atoms with van der Waals surface area (Å²) in [5.74, 6) is 0. The van der Waals surface area contributed by atoms with Gasteiger partial charge < -0.3 is 9.97 Å². The Morgan fingerprint density at radius 1 is 0.564 bits per heavy atom. The number of benzene rings is 4. The van der Waals surface area contributed by atoms with Crippen molar-refractivity contribution in [2.24, 2.45) is 0 Å². The Morgan fingerprint density at radius 2 is 1.28 bits per heavy atom.